The molecule has 4 rings (SSSR count). The van der Waals surface area contributed by atoms with Crippen LogP contribution in [0.1, 0.15) is 67.6 Å². The molecule has 0 unspecified atom stereocenters. The molecule has 2 aromatic heterocycles. The van der Waals surface area contributed by atoms with E-state index >= 15 is 0 Å². The molecule has 0 aliphatic heterocycles. The molecule has 3 aromatic rings. The molecule has 1 aliphatic rings. The maximum Gasteiger partial charge on any atom is 0.255 e. The molecule has 0 spiro atoms. The van der Waals surface area contributed by atoms with Gasteiger partial charge >= 0.3 is 0 Å². The molecule has 2 heterocycles. The van der Waals surface area contributed by atoms with Crippen molar-refractivity contribution in [2.24, 2.45) is 0 Å². The summed E-state index contributed by atoms with van der Waals surface area (Å²) in [6, 6.07) is 5.25. The van der Waals surface area contributed by atoms with E-state index in [9.17, 15) is 8.68 Å². The lowest BCUT2D eigenvalue weighted by molar-refractivity contribution is 0.0929. The molecule has 1 fully saturated rings. The summed E-state index contributed by atoms with van der Waals surface area (Å²) in [4.78, 5) is 21.8. The van der Waals surface area contributed by atoms with Crippen LogP contribution in [0.2, 0.25) is 5.02 Å². The third kappa shape index (κ3) is 5.47. The summed E-state index contributed by atoms with van der Waals surface area (Å²) in [5.74, 6) is -0.301. The van der Waals surface area contributed by atoms with Gasteiger partial charge in [-0.15, -0.1) is 3.89 Å². The molecule has 1 aliphatic carbocycles. The Bertz CT molecular complexity index is 1150. The number of hydrogen-bond acceptors (Lipinski definition) is 6. The summed E-state index contributed by atoms with van der Waals surface area (Å²) in [7, 11) is 1.74. The maximum atomic E-state index is 13.5. The van der Waals surface area contributed by atoms with Gasteiger partial charge in [-0.25, -0.2) is 13.9 Å². The number of benzene rings is 1. The lowest BCUT2D eigenvalue weighted by Crippen LogP contribution is -2.36. The van der Waals surface area contributed by atoms with Gasteiger partial charge in [0.1, 0.15) is 11.2 Å². The van der Waals surface area contributed by atoms with E-state index in [1.54, 1.807) is 25.2 Å². The Morgan fingerprint density at radius 2 is 1.97 bits per heavy atom. The predicted octanol–water partition coefficient (Wildman–Crippen LogP) is 6.01. The minimum Gasteiger partial charge on any atom is -0.388 e. The molecule has 0 atom stereocenters. The van der Waals surface area contributed by atoms with E-state index in [1.165, 1.54) is 22.8 Å². The van der Waals surface area contributed by atoms with E-state index < -0.39 is 0 Å². The highest BCUT2D eigenvalue weighted by atomic mass is 35.5. The highest BCUT2D eigenvalue weighted by molar-refractivity contribution is 7.92. The standard InChI is InChI=1S/C21H22ClFN6OS.C2H6/c1-25-16-9-12(22)7-8-14(16)18(24)17-10-26-20-19(28-17)15(11-29(20)31-23)21(30)27-13-5-3-2-4-6-13;1-2/h7-11,13,24-25H,2-6H2,1H3,(H,27,30);1-2H3. The number of fused-ring (bicyclic) bond motifs is 1. The first kappa shape index (κ1) is 25.0. The lowest BCUT2D eigenvalue weighted by atomic mass is 9.95. The summed E-state index contributed by atoms with van der Waals surface area (Å²) >= 11 is 6.01. The molecule has 10 heteroatoms. The number of rotatable bonds is 6. The molecule has 7 nitrogen and oxygen atoms in total. The summed E-state index contributed by atoms with van der Waals surface area (Å²) in [5.41, 5.74) is 2.41. The Morgan fingerprint density at radius 3 is 2.64 bits per heavy atom. The first-order chi connectivity index (χ1) is 16.0. The Morgan fingerprint density at radius 1 is 1.24 bits per heavy atom. The number of amides is 1. The van der Waals surface area contributed by atoms with Crippen LogP contribution in [0.3, 0.4) is 0 Å². The minimum absolute atomic E-state index is 0.0433. The van der Waals surface area contributed by atoms with Gasteiger partial charge in [0, 0.05) is 35.6 Å². The summed E-state index contributed by atoms with van der Waals surface area (Å²) < 4.78 is 14.6. The zero-order chi connectivity index (χ0) is 24.0. The van der Waals surface area contributed by atoms with Crippen molar-refractivity contribution in [3.63, 3.8) is 0 Å². The van der Waals surface area contributed by atoms with Crippen molar-refractivity contribution in [3.8, 4) is 0 Å². The number of carbonyl (C=O) groups is 1. The third-order valence-electron chi connectivity index (χ3n) is 5.50. The van der Waals surface area contributed by atoms with Crippen molar-refractivity contribution in [2.75, 3.05) is 12.4 Å². The molecule has 0 radical (unpaired) electrons. The molecule has 3 N–H and O–H groups in total. The van der Waals surface area contributed by atoms with Gasteiger partial charge in [-0.3, -0.25) is 10.2 Å². The van der Waals surface area contributed by atoms with Crippen LogP contribution in [-0.2, 0) is 0 Å². The van der Waals surface area contributed by atoms with E-state index in [1.807, 2.05) is 13.8 Å². The fourth-order valence-electron chi connectivity index (χ4n) is 3.89. The second-order valence-electron chi connectivity index (χ2n) is 7.49. The van der Waals surface area contributed by atoms with Crippen LogP contribution in [0.4, 0.5) is 9.57 Å². The lowest BCUT2D eigenvalue weighted by Gasteiger charge is -2.22. The summed E-state index contributed by atoms with van der Waals surface area (Å²) in [6.07, 6.45) is 8.04. The van der Waals surface area contributed by atoms with E-state index in [2.05, 4.69) is 20.6 Å². The minimum atomic E-state index is -0.301. The van der Waals surface area contributed by atoms with Gasteiger partial charge in [0.15, 0.2) is 18.0 Å². The molecular weight excluding hydrogens is 463 g/mol. The van der Waals surface area contributed by atoms with Gasteiger partial charge in [0.05, 0.1) is 17.5 Å². The average molecular weight is 491 g/mol. The SMILES string of the molecule is CC.CNc1cc(Cl)ccc1C(=N)c1cnc2c(n1)c(C(=O)NC1CCCCC1)cn2SF. The van der Waals surface area contributed by atoms with Crippen LogP contribution >= 0.6 is 23.9 Å². The topological polar surface area (TPSA) is 95.7 Å². The van der Waals surface area contributed by atoms with Crippen LogP contribution in [0.25, 0.3) is 11.2 Å². The molecule has 33 heavy (non-hydrogen) atoms. The second-order valence-corrected chi connectivity index (χ2v) is 8.46. The monoisotopic (exact) mass is 490 g/mol. The highest BCUT2D eigenvalue weighted by Gasteiger charge is 2.23. The van der Waals surface area contributed by atoms with Gasteiger partial charge in [-0.2, -0.15) is 0 Å². The van der Waals surface area contributed by atoms with E-state index in [0.29, 0.717) is 16.3 Å². The third-order valence-corrected chi connectivity index (χ3v) is 6.16. The van der Waals surface area contributed by atoms with Crippen LogP contribution in [-0.4, -0.2) is 38.6 Å². The molecule has 176 valence electrons. The number of aromatic nitrogens is 3. The Balaban J connectivity index is 0.00000149. The fraction of sp³-hybridized carbons (Fsp3) is 0.391. The van der Waals surface area contributed by atoms with Crippen molar-refractivity contribution >= 4 is 52.4 Å². The molecule has 1 saturated carbocycles. The van der Waals surface area contributed by atoms with Gasteiger partial charge < -0.3 is 10.6 Å². The smallest absolute Gasteiger partial charge is 0.255 e. The number of carbonyl (C=O) groups excluding carboxylic acids is 1. The summed E-state index contributed by atoms with van der Waals surface area (Å²) in [5, 5.41) is 15.2. The van der Waals surface area contributed by atoms with Gasteiger partial charge in [-0.05, 0) is 31.0 Å². The van der Waals surface area contributed by atoms with Crippen molar-refractivity contribution in [1.29, 1.82) is 5.41 Å². The van der Waals surface area contributed by atoms with Crippen LogP contribution in [0.15, 0.2) is 30.6 Å². The zero-order valence-electron chi connectivity index (χ0n) is 18.9. The van der Waals surface area contributed by atoms with Crippen molar-refractivity contribution in [2.45, 2.75) is 52.0 Å². The van der Waals surface area contributed by atoms with E-state index in [0.717, 1.165) is 25.7 Å². The maximum absolute atomic E-state index is 13.5. The average Bonchev–Trinajstić information content (AvgIpc) is 3.23. The van der Waals surface area contributed by atoms with Crippen LogP contribution < -0.4 is 10.6 Å². The van der Waals surface area contributed by atoms with Crippen molar-refractivity contribution in [1.82, 2.24) is 19.3 Å². The van der Waals surface area contributed by atoms with Gasteiger partial charge in [0.2, 0.25) is 0 Å². The van der Waals surface area contributed by atoms with Crippen molar-refractivity contribution < 1.29 is 8.68 Å². The number of nitrogens with one attached hydrogen (secondary N) is 3. The molecule has 0 saturated heterocycles. The van der Waals surface area contributed by atoms with Crippen LogP contribution in [0, 0.1) is 5.41 Å². The Kier molecular flexibility index (Phi) is 8.68. The normalized spacial score (nSPS) is 13.8. The molecule has 1 aromatic carbocycles. The van der Waals surface area contributed by atoms with Crippen LogP contribution in [0.5, 0.6) is 0 Å². The first-order valence-electron chi connectivity index (χ1n) is 11.1. The van der Waals surface area contributed by atoms with Gasteiger partial charge in [0.25, 0.3) is 5.91 Å². The quantitative estimate of drug-likeness (QED) is 0.367. The molecule has 0 bridgehead atoms. The number of halogens is 2. The zero-order valence-corrected chi connectivity index (χ0v) is 20.5. The van der Waals surface area contributed by atoms with E-state index in [4.69, 9.17) is 17.0 Å². The largest absolute Gasteiger partial charge is 0.388 e. The highest BCUT2D eigenvalue weighted by Crippen LogP contribution is 2.27. The number of nitrogens with zero attached hydrogens (tertiary/aromatic N) is 3. The van der Waals surface area contributed by atoms with E-state index in [-0.39, 0.29) is 52.4 Å². The first-order valence-corrected chi connectivity index (χ1v) is 12.1. The Labute approximate surface area is 202 Å². The van der Waals surface area contributed by atoms with Crippen molar-refractivity contribution in [3.05, 3.63) is 52.4 Å². The molecule has 1 amide bonds. The fourth-order valence-corrected chi connectivity index (χ4v) is 4.41. The second kappa shape index (κ2) is 11.5. The molecular formula is C23H28ClFN6OS. The number of anilines is 1. The predicted molar refractivity (Wildman–Crippen MR) is 134 cm³/mol. The summed E-state index contributed by atoms with van der Waals surface area (Å²) in [6.45, 7) is 4.00. The Hall–Kier alpha value is -2.65. The number of hydrogen-bond donors (Lipinski definition) is 3. The van der Waals surface area contributed by atoms with Gasteiger partial charge in [-0.1, -0.05) is 44.7 Å².